The number of pyridine rings is 1. The van der Waals surface area contributed by atoms with Crippen molar-refractivity contribution in [2.45, 2.75) is 32.1 Å². The van der Waals surface area contributed by atoms with Gasteiger partial charge in [0.1, 0.15) is 0 Å². The van der Waals surface area contributed by atoms with Crippen LogP contribution in [0.3, 0.4) is 0 Å². The Bertz CT molecular complexity index is 457. The maximum Gasteiger partial charge on any atom is 0.255 e. The molecule has 1 heterocycles. The molecule has 1 N–H and O–H groups in total. The molecule has 0 spiro atoms. The highest BCUT2D eigenvalue weighted by Crippen LogP contribution is 2.19. The topological polar surface area (TPSA) is 42.0 Å². The molecular formula is C14H17FN2O. The van der Waals surface area contributed by atoms with Gasteiger partial charge in [0.25, 0.3) is 5.91 Å². The van der Waals surface area contributed by atoms with Gasteiger partial charge >= 0.3 is 0 Å². The molecule has 0 unspecified atom stereocenters. The summed E-state index contributed by atoms with van der Waals surface area (Å²) < 4.78 is 13.2. The third kappa shape index (κ3) is 3.39. The molecule has 0 saturated carbocycles. The lowest BCUT2D eigenvalue weighted by molar-refractivity contribution is 0.0949. The summed E-state index contributed by atoms with van der Waals surface area (Å²) in [5.41, 5.74) is 1.41. The first-order chi connectivity index (χ1) is 8.77. The van der Waals surface area contributed by atoms with Crippen molar-refractivity contribution in [1.29, 1.82) is 0 Å². The molecule has 0 aliphatic heterocycles. The first-order valence-electron chi connectivity index (χ1n) is 6.34. The van der Waals surface area contributed by atoms with Crippen LogP contribution in [0.2, 0.25) is 0 Å². The number of hydrogen-bond donors (Lipinski definition) is 1. The number of halogens is 1. The average molecular weight is 248 g/mol. The van der Waals surface area contributed by atoms with Crippen molar-refractivity contribution in [2.24, 2.45) is 0 Å². The SMILES string of the molecule is O=C(NCCC1=CCCCC1)c1cccnc1F. The van der Waals surface area contributed by atoms with E-state index in [1.165, 1.54) is 30.7 Å². The number of carbonyl (C=O) groups excluding carboxylic acids is 1. The molecule has 3 nitrogen and oxygen atoms in total. The van der Waals surface area contributed by atoms with Crippen molar-refractivity contribution >= 4 is 5.91 Å². The minimum atomic E-state index is -0.716. The second kappa shape index (κ2) is 6.28. The van der Waals surface area contributed by atoms with Crippen molar-refractivity contribution in [3.63, 3.8) is 0 Å². The van der Waals surface area contributed by atoms with Gasteiger partial charge in [-0.3, -0.25) is 4.79 Å². The van der Waals surface area contributed by atoms with E-state index in [9.17, 15) is 9.18 Å². The number of rotatable bonds is 4. The van der Waals surface area contributed by atoms with Crippen molar-refractivity contribution in [3.05, 3.63) is 41.5 Å². The summed E-state index contributed by atoms with van der Waals surface area (Å²) in [6.07, 6.45) is 9.19. The van der Waals surface area contributed by atoms with Gasteiger partial charge in [-0.2, -0.15) is 4.39 Å². The molecule has 1 amide bonds. The summed E-state index contributed by atoms with van der Waals surface area (Å²) in [5.74, 6) is -1.11. The zero-order chi connectivity index (χ0) is 12.8. The minimum Gasteiger partial charge on any atom is -0.352 e. The van der Waals surface area contributed by atoms with Gasteiger partial charge in [-0.25, -0.2) is 4.98 Å². The lowest BCUT2D eigenvalue weighted by Crippen LogP contribution is -2.26. The molecule has 1 aliphatic rings. The Hall–Kier alpha value is -1.71. The van der Waals surface area contributed by atoms with Crippen molar-refractivity contribution in [3.8, 4) is 0 Å². The van der Waals surface area contributed by atoms with E-state index in [0.717, 1.165) is 19.3 Å². The summed E-state index contributed by atoms with van der Waals surface area (Å²) in [6, 6.07) is 3.00. The molecule has 0 aromatic carbocycles. The third-order valence-corrected chi connectivity index (χ3v) is 3.12. The molecule has 0 radical (unpaired) electrons. The predicted octanol–water partition coefficient (Wildman–Crippen LogP) is 2.84. The van der Waals surface area contributed by atoms with Crippen LogP contribution in [-0.4, -0.2) is 17.4 Å². The maximum atomic E-state index is 13.2. The van der Waals surface area contributed by atoms with Gasteiger partial charge in [0.05, 0.1) is 5.56 Å². The van der Waals surface area contributed by atoms with Crippen LogP contribution in [0.15, 0.2) is 30.0 Å². The predicted molar refractivity (Wildman–Crippen MR) is 67.7 cm³/mol. The monoisotopic (exact) mass is 248 g/mol. The minimum absolute atomic E-state index is 0.00937. The van der Waals surface area contributed by atoms with Crippen molar-refractivity contribution in [2.75, 3.05) is 6.54 Å². The zero-order valence-corrected chi connectivity index (χ0v) is 10.3. The molecule has 4 heteroatoms. The van der Waals surface area contributed by atoms with E-state index in [4.69, 9.17) is 0 Å². The fourth-order valence-corrected chi connectivity index (χ4v) is 2.12. The molecule has 2 rings (SSSR count). The summed E-state index contributed by atoms with van der Waals surface area (Å²) in [4.78, 5) is 15.2. The molecule has 96 valence electrons. The fraction of sp³-hybridized carbons (Fsp3) is 0.429. The van der Waals surface area contributed by atoms with E-state index in [2.05, 4.69) is 16.4 Å². The third-order valence-electron chi connectivity index (χ3n) is 3.12. The van der Waals surface area contributed by atoms with Crippen LogP contribution in [-0.2, 0) is 0 Å². The van der Waals surface area contributed by atoms with E-state index in [0.29, 0.717) is 6.54 Å². The van der Waals surface area contributed by atoms with Crippen LogP contribution in [0.5, 0.6) is 0 Å². The quantitative estimate of drug-likeness (QED) is 0.657. The molecule has 1 aromatic heterocycles. The molecule has 1 aliphatic carbocycles. The van der Waals surface area contributed by atoms with E-state index in [1.807, 2.05) is 0 Å². The number of amides is 1. The van der Waals surface area contributed by atoms with Gasteiger partial charge in [0.2, 0.25) is 5.95 Å². The van der Waals surface area contributed by atoms with Gasteiger partial charge < -0.3 is 5.32 Å². The molecule has 18 heavy (non-hydrogen) atoms. The molecule has 0 bridgehead atoms. The van der Waals surface area contributed by atoms with Gasteiger partial charge in [-0.1, -0.05) is 11.6 Å². The molecular weight excluding hydrogens is 231 g/mol. The van der Waals surface area contributed by atoms with Gasteiger partial charge in [-0.05, 0) is 44.2 Å². The zero-order valence-electron chi connectivity index (χ0n) is 10.3. The largest absolute Gasteiger partial charge is 0.352 e. The Balaban J connectivity index is 1.82. The van der Waals surface area contributed by atoms with Crippen LogP contribution in [0.4, 0.5) is 4.39 Å². The van der Waals surface area contributed by atoms with Gasteiger partial charge in [0.15, 0.2) is 0 Å². The second-order valence-corrected chi connectivity index (χ2v) is 4.46. The van der Waals surface area contributed by atoms with Crippen LogP contribution in [0.25, 0.3) is 0 Å². The van der Waals surface area contributed by atoms with E-state index in [1.54, 1.807) is 6.07 Å². The highest BCUT2D eigenvalue weighted by Gasteiger charge is 2.11. The lowest BCUT2D eigenvalue weighted by Gasteiger charge is -2.12. The highest BCUT2D eigenvalue weighted by molar-refractivity contribution is 5.94. The number of hydrogen-bond acceptors (Lipinski definition) is 2. The standard InChI is InChI=1S/C14H17FN2O/c15-13-12(7-4-9-16-13)14(18)17-10-8-11-5-2-1-3-6-11/h4-5,7,9H,1-3,6,8,10H2,(H,17,18). The molecule has 0 atom stereocenters. The summed E-state index contributed by atoms with van der Waals surface area (Å²) in [7, 11) is 0. The molecule has 0 saturated heterocycles. The van der Waals surface area contributed by atoms with Crippen LogP contribution in [0.1, 0.15) is 42.5 Å². The van der Waals surface area contributed by atoms with Gasteiger partial charge in [-0.15, -0.1) is 0 Å². The summed E-state index contributed by atoms with van der Waals surface area (Å²) in [5, 5.41) is 2.73. The average Bonchev–Trinajstić information content (AvgIpc) is 2.40. The number of nitrogens with zero attached hydrogens (tertiary/aromatic N) is 1. The smallest absolute Gasteiger partial charge is 0.255 e. The first kappa shape index (κ1) is 12.7. The van der Waals surface area contributed by atoms with Crippen molar-refractivity contribution < 1.29 is 9.18 Å². The molecule has 0 fully saturated rings. The van der Waals surface area contributed by atoms with Crippen molar-refractivity contribution in [1.82, 2.24) is 10.3 Å². The summed E-state index contributed by atoms with van der Waals surface area (Å²) >= 11 is 0. The van der Waals surface area contributed by atoms with E-state index >= 15 is 0 Å². The maximum absolute atomic E-state index is 13.2. The lowest BCUT2D eigenvalue weighted by atomic mass is 9.97. The Morgan fingerprint density at radius 1 is 1.44 bits per heavy atom. The van der Waals surface area contributed by atoms with Gasteiger partial charge in [0, 0.05) is 12.7 Å². The first-order valence-corrected chi connectivity index (χ1v) is 6.34. The number of carbonyl (C=O) groups is 1. The van der Waals surface area contributed by atoms with Crippen LogP contribution in [0, 0.1) is 5.95 Å². The number of allylic oxidation sites excluding steroid dienone is 1. The second-order valence-electron chi connectivity index (χ2n) is 4.46. The van der Waals surface area contributed by atoms with Crippen LogP contribution >= 0.6 is 0 Å². The number of aromatic nitrogens is 1. The van der Waals surface area contributed by atoms with E-state index < -0.39 is 11.9 Å². The summed E-state index contributed by atoms with van der Waals surface area (Å²) in [6.45, 7) is 0.555. The Morgan fingerprint density at radius 2 is 2.33 bits per heavy atom. The Kier molecular flexibility index (Phi) is 4.45. The fourth-order valence-electron chi connectivity index (χ4n) is 2.12. The van der Waals surface area contributed by atoms with Crippen LogP contribution < -0.4 is 5.32 Å². The molecule has 1 aromatic rings. The highest BCUT2D eigenvalue weighted by atomic mass is 19.1. The normalized spacial score (nSPS) is 15.1. The number of nitrogens with one attached hydrogen (secondary N) is 1. The van der Waals surface area contributed by atoms with E-state index in [-0.39, 0.29) is 5.56 Å². The Labute approximate surface area is 106 Å². The Morgan fingerprint density at radius 3 is 3.06 bits per heavy atom.